The minimum atomic E-state index is -0.806. The molecule has 0 aliphatic rings. The molecule has 3 N–H and O–H groups in total. The van der Waals surface area contributed by atoms with Crippen molar-refractivity contribution < 1.29 is 14.4 Å². The van der Waals surface area contributed by atoms with Crippen LogP contribution < -0.4 is 11.1 Å². The molecule has 1 heterocycles. The summed E-state index contributed by atoms with van der Waals surface area (Å²) in [6.07, 6.45) is 4.44. The Hall–Kier alpha value is -3.49. The van der Waals surface area contributed by atoms with Crippen LogP contribution in [0.25, 0.3) is 10.8 Å². The quantitative estimate of drug-likeness (QED) is 0.366. The van der Waals surface area contributed by atoms with Crippen LogP contribution in [0.1, 0.15) is 30.7 Å². The number of nitrogens with zero attached hydrogens (tertiary/aromatic N) is 2. The number of amides is 3. The number of benzene rings is 2. The van der Waals surface area contributed by atoms with E-state index in [1.54, 1.807) is 38.6 Å². The number of thiophene rings is 1. The molecule has 2 atom stereocenters. The van der Waals surface area contributed by atoms with Crippen LogP contribution in [0.5, 0.6) is 0 Å². The van der Waals surface area contributed by atoms with Crippen LogP contribution in [0.3, 0.4) is 0 Å². The van der Waals surface area contributed by atoms with Gasteiger partial charge in [-0.15, -0.1) is 11.3 Å². The number of rotatable bonds is 11. The average Bonchev–Trinajstić information content (AvgIpc) is 3.41. The molecule has 0 saturated heterocycles. The molecule has 0 bridgehead atoms. The van der Waals surface area contributed by atoms with Gasteiger partial charge in [0.05, 0.1) is 0 Å². The van der Waals surface area contributed by atoms with Crippen LogP contribution in [0.4, 0.5) is 0 Å². The van der Waals surface area contributed by atoms with Crippen LogP contribution >= 0.6 is 11.3 Å². The molecule has 3 aromatic rings. The molecule has 0 fully saturated rings. The van der Waals surface area contributed by atoms with Crippen LogP contribution in [-0.2, 0) is 27.2 Å². The zero-order valence-electron chi connectivity index (χ0n) is 22.8. The minimum absolute atomic E-state index is 0.252. The first-order valence-corrected chi connectivity index (χ1v) is 13.6. The zero-order valence-corrected chi connectivity index (χ0v) is 23.6. The molecule has 8 heteroatoms. The summed E-state index contributed by atoms with van der Waals surface area (Å²) in [5, 5.41) is 6.79. The number of carbonyl (C=O) groups is 3. The molecule has 3 rings (SSSR count). The molecule has 7 nitrogen and oxygen atoms in total. The van der Waals surface area contributed by atoms with Crippen molar-refractivity contribution in [2.75, 3.05) is 21.1 Å². The Kier molecular flexibility index (Phi) is 9.83. The number of hydrogen-bond donors (Lipinski definition) is 2. The summed E-state index contributed by atoms with van der Waals surface area (Å²) in [4.78, 5) is 43.9. The Morgan fingerprint density at radius 3 is 2.32 bits per heavy atom. The average molecular weight is 535 g/mol. The Morgan fingerprint density at radius 2 is 1.68 bits per heavy atom. The van der Waals surface area contributed by atoms with Gasteiger partial charge in [0.2, 0.25) is 17.7 Å². The first kappa shape index (κ1) is 29.1. The highest BCUT2D eigenvalue weighted by Crippen LogP contribution is 2.21. The summed E-state index contributed by atoms with van der Waals surface area (Å²) >= 11 is 1.54. The first-order valence-electron chi connectivity index (χ1n) is 12.7. The molecular weight excluding hydrogens is 496 g/mol. The van der Waals surface area contributed by atoms with Crippen molar-refractivity contribution in [2.45, 2.75) is 50.7 Å². The first-order chi connectivity index (χ1) is 18.0. The fraction of sp³-hybridized carbons (Fsp3) is 0.367. The Balaban J connectivity index is 1.92. The van der Waals surface area contributed by atoms with Crippen molar-refractivity contribution in [3.8, 4) is 0 Å². The number of likely N-dealkylation sites (N-methyl/N-ethyl adjacent to an activating group) is 3. The monoisotopic (exact) mass is 534 g/mol. The van der Waals surface area contributed by atoms with E-state index in [1.807, 2.05) is 73.8 Å². The second-order valence-electron chi connectivity index (χ2n) is 10.3. The summed E-state index contributed by atoms with van der Waals surface area (Å²) < 4.78 is 0. The molecule has 0 unspecified atom stereocenters. The lowest BCUT2D eigenvalue weighted by molar-refractivity contribution is -0.146. The van der Waals surface area contributed by atoms with E-state index >= 15 is 0 Å². The number of carbonyl (C=O) groups excluding carboxylic acids is 3. The topological polar surface area (TPSA) is 95.7 Å². The maximum absolute atomic E-state index is 14.0. The molecule has 2 aromatic carbocycles. The van der Waals surface area contributed by atoms with Gasteiger partial charge in [0.25, 0.3) is 0 Å². The van der Waals surface area contributed by atoms with Gasteiger partial charge in [-0.25, -0.2) is 0 Å². The summed E-state index contributed by atoms with van der Waals surface area (Å²) in [5.41, 5.74) is 6.53. The van der Waals surface area contributed by atoms with E-state index in [-0.39, 0.29) is 17.7 Å². The van der Waals surface area contributed by atoms with Gasteiger partial charge in [-0.05, 0) is 54.1 Å². The molecule has 3 amide bonds. The van der Waals surface area contributed by atoms with E-state index in [9.17, 15) is 14.4 Å². The second-order valence-corrected chi connectivity index (χ2v) is 11.3. The van der Waals surface area contributed by atoms with E-state index in [4.69, 9.17) is 5.73 Å². The van der Waals surface area contributed by atoms with Crippen LogP contribution in [0.2, 0.25) is 0 Å². The minimum Gasteiger partial charge on any atom is -0.357 e. The van der Waals surface area contributed by atoms with Gasteiger partial charge in [0.15, 0.2) is 0 Å². The lowest BCUT2D eigenvalue weighted by Gasteiger charge is -2.34. The fourth-order valence-corrected chi connectivity index (χ4v) is 5.04. The van der Waals surface area contributed by atoms with Crippen molar-refractivity contribution in [2.24, 2.45) is 5.73 Å². The van der Waals surface area contributed by atoms with Crippen LogP contribution in [0, 0.1) is 0 Å². The number of fused-ring (bicyclic) bond motifs is 1. The van der Waals surface area contributed by atoms with Gasteiger partial charge in [-0.1, -0.05) is 54.6 Å². The predicted molar refractivity (Wildman–Crippen MR) is 155 cm³/mol. The number of nitrogens with one attached hydrogen (secondary N) is 1. The highest BCUT2D eigenvalue weighted by molar-refractivity contribution is 7.09. The smallest absolute Gasteiger partial charge is 0.246 e. The summed E-state index contributed by atoms with van der Waals surface area (Å²) in [6.45, 7) is 3.78. The van der Waals surface area contributed by atoms with Gasteiger partial charge in [-0.2, -0.15) is 0 Å². The Bertz CT molecular complexity index is 1280. The summed E-state index contributed by atoms with van der Waals surface area (Å²) in [6, 6.07) is 16.4. The van der Waals surface area contributed by atoms with Crippen molar-refractivity contribution in [1.82, 2.24) is 15.1 Å². The molecule has 0 spiro atoms. The highest BCUT2D eigenvalue weighted by atomic mass is 32.1. The lowest BCUT2D eigenvalue weighted by atomic mass is 9.99. The molecule has 0 saturated carbocycles. The number of nitrogens with two attached hydrogens (primary N) is 1. The van der Waals surface area contributed by atoms with Gasteiger partial charge in [0.1, 0.15) is 12.1 Å². The fourth-order valence-electron chi connectivity index (χ4n) is 4.29. The molecule has 1 aromatic heterocycles. The highest BCUT2D eigenvalue weighted by Gasteiger charge is 2.34. The second kappa shape index (κ2) is 12.8. The molecule has 38 heavy (non-hydrogen) atoms. The standard InChI is InChI=1S/C30H38N4O3S/c1-30(2,31)16-8-13-27(35)33(4)26(19-21-14-15-22-10-6-7-11-23(22)18-21)29(37)34(5)25(28(36)32-3)20-24-12-9-17-38-24/h6-15,17-18,25-26H,16,19-20,31H2,1-5H3,(H,32,36)/t25-,26-/m1/s1. The summed E-state index contributed by atoms with van der Waals surface area (Å²) in [7, 11) is 4.83. The van der Waals surface area contributed by atoms with E-state index in [1.165, 1.54) is 15.9 Å². The molecular formula is C30H38N4O3S. The molecule has 0 aliphatic heterocycles. The number of hydrogen-bond acceptors (Lipinski definition) is 5. The predicted octanol–water partition coefficient (Wildman–Crippen LogP) is 3.77. The largest absolute Gasteiger partial charge is 0.357 e. The third-order valence-corrected chi connectivity index (χ3v) is 7.49. The third-order valence-electron chi connectivity index (χ3n) is 6.59. The molecule has 0 radical (unpaired) electrons. The van der Waals surface area contributed by atoms with E-state index in [0.717, 1.165) is 21.2 Å². The third kappa shape index (κ3) is 7.76. The van der Waals surface area contributed by atoms with Crippen LogP contribution in [0.15, 0.2) is 72.1 Å². The van der Waals surface area contributed by atoms with E-state index in [0.29, 0.717) is 19.3 Å². The maximum Gasteiger partial charge on any atom is 0.246 e. The van der Waals surface area contributed by atoms with Gasteiger partial charge < -0.3 is 20.9 Å². The lowest BCUT2D eigenvalue weighted by Crippen LogP contribution is -2.55. The molecule has 0 aliphatic carbocycles. The maximum atomic E-state index is 14.0. The van der Waals surface area contributed by atoms with Crippen molar-refractivity contribution in [1.29, 1.82) is 0 Å². The van der Waals surface area contributed by atoms with Gasteiger partial charge in [-0.3, -0.25) is 14.4 Å². The Morgan fingerprint density at radius 1 is 0.974 bits per heavy atom. The summed E-state index contributed by atoms with van der Waals surface area (Å²) in [5.74, 6) is -0.846. The van der Waals surface area contributed by atoms with Gasteiger partial charge >= 0.3 is 0 Å². The molecule has 202 valence electrons. The normalized spacial score (nSPS) is 13.3. The van der Waals surface area contributed by atoms with Crippen molar-refractivity contribution in [3.63, 3.8) is 0 Å². The van der Waals surface area contributed by atoms with Gasteiger partial charge in [0, 0.05) is 44.4 Å². The van der Waals surface area contributed by atoms with Crippen molar-refractivity contribution >= 4 is 39.8 Å². The Labute approximate surface area is 229 Å². The zero-order chi connectivity index (χ0) is 27.9. The van der Waals surface area contributed by atoms with Crippen LogP contribution in [-0.4, -0.2) is 66.3 Å². The van der Waals surface area contributed by atoms with E-state index in [2.05, 4.69) is 5.32 Å². The van der Waals surface area contributed by atoms with Crippen molar-refractivity contribution in [3.05, 3.63) is 82.6 Å². The van der Waals surface area contributed by atoms with E-state index < -0.39 is 17.6 Å². The SMILES string of the molecule is CNC(=O)[C@@H](Cc1cccs1)N(C)C(=O)[C@@H](Cc1ccc2ccccc2c1)N(C)C(=O)C=CCC(C)(C)N.